The van der Waals surface area contributed by atoms with Crippen molar-refractivity contribution in [2.45, 2.75) is 44.3 Å². The lowest BCUT2D eigenvalue weighted by Gasteiger charge is -2.31. The Balaban J connectivity index is 2.38. The Morgan fingerprint density at radius 3 is 2.75 bits per heavy atom. The molecule has 1 amide bonds. The normalized spacial score (nSPS) is 26.6. The summed E-state index contributed by atoms with van der Waals surface area (Å²) < 4.78 is 11.4. The van der Waals surface area contributed by atoms with Gasteiger partial charge >= 0.3 is 11.7 Å². The Morgan fingerprint density at radius 1 is 1.54 bits per heavy atom. The van der Waals surface area contributed by atoms with E-state index in [2.05, 4.69) is 16.9 Å². The summed E-state index contributed by atoms with van der Waals surface area (Å²) in [7, 11) is 0. The zero-order chi connectivity index (χ0) is 21.1. The number of carbonyl (C=O) groups is 2. The number of nitrogens with two attached hydrogens (primary N) is 1. The Hall–Kier alpha value is -2.76. The first-order valence-electron chi connectivity index (χ1n) is 8.62. The predicted octanol–water partition coefficient (Wildman–Crippen LogP) is -1.67. The van der Waals surface area contributed by atoms with Crippen LogP contribution in [0, 0.1) is 0 Å². The second kappa shape index (κ2) is 8.50. The quantitative estimate of drug-likeness (QED) is 0.311. The van der Waals surface area contributed by atoms with Crippen LogP contribution in [0.4, 0.5) is 5.82 Å². The number of nitrogens with one attached hydrogen (secondary N) is 1. The smallest absolute Gasteiger partial charge is 0.363 e. The number of rotatable bonds is 7. The molecule has 2 rings (SSSR count). The van der Waals surface area contributed by atoms with Crippen molar-refractivity contribution < 1.29 is 29.3 Å². The molecule has 0 bridgehead atoms. The summed E-state index contributed by atoms with van der Waals surface area (Å²) in [6.07, 6.45) is -1.47. The highest BCUT2D eigenvalue weighted by Gasteiger charge is 2.61. The molecule has 154 valence electrons. The molecule has 0 radical (unpaired) electrons. The van der Waals surface area contributed by atoms with E-state index in [0.717, 1.165) is 10.8 Å². The number of carbonyl (C=O) groups excluding carboxylic acids is 2. The molecule has 11 heteroatoms. The Kier molecular flexibility index (Phi) is 6.54. The van der Waals surface area contributed by atoms with E-state index in [1.54, 1.807) is 0 Å². The highest BCUT2D eigenvalue weighted by molar-refractivity contribution is 5.79. The van der Waals surface area contributed by atoms with Gasteiger partial charge in [0.1, 0.15) is 18.0 Å². The fourth-order valence-corrected chi connectivity index (χ4v) is 2.86. The van der Waals surface area contributed by atoms with E-state index in [4.69, 9.17) is 15.2 Å². The summed E-state index contributed by atoms with van der Waals surface area (Å²) in [5, 5.41) is 23.2. The number of aromatic nitrogens is 2. The van der Waals surface area contributed by atoms with Gasteiger partial charge in [-0.25, -0.2) is 9.59 Å². The van der Waals surface area contributed by atoms with Crippen LogP contribution in [0.3, 0.4) is 0 Å². The van der Waals surface area contributed by atoms with E-state index >= 15 is 0 Å². The van der Waals surface area contributed by atoms with Crippen LogP contribution >= 0.6 is 0 Å². The number of anilines is 1. The zero-order valence-electron chi connectivity index (χ0n) is 15.6. The third kappa shape index (κ3) is 3.91. The summed E-state index contributed by atoms with van der Waals surface area (Å²) in [4.78, 5) is 39.8. The molecule has 28 heavy (non-hydrogen) atoms. The minimum atomic E-state index is -2.34. The average molecular weight is 396 g/mol. The highest BCUT2D eigenvalue weighted by atomic mass is 16.6. The van der Waals surface area contributed by atoms with Gasteiger partial charge in [-0.1, -0.05) is 12.7 Å². The van der Waals surface area contributed by atoms with Crippen LogP contribution in [0.2, 0.25) is 0 Å². The number of amides is 1. The largest absolute Gasteiger partial charge is 0.462 e. The van der Waals surface area contributed by atoms with Crippen LogP contribution in [0.25, 0.3) is 6.08 Å². The van der Waals surface area contributed by atoms with Gasteiger partial charge in [-0.15, -0.1) is 0 Å². The van der Waals surface area contributed by atoms with Gasteiger partial charge in [0.15, 0.2) is 0 Å². The molecule has 5 N–H and O–H groups in total. The van der Waals surface area contributed by atoms with Gasteiger partial charge in [-0.2, -0.15) is 4.98 Å². The first-order valence-corrected chi connectivity index (χ1v) is 8.62. The van der Waals surface area contributed by atoms with Crippen LogP contribution < -0.4 is 16.7 Å². The molecule has 1 aromatic heterocycles. The summed E-state index contributed by atoms with van der Waals surface area (Å²) in [6.45, 7) is 6.48. The van der Waals surface area contributed by atoms with E-state index in [9.17, 15) is 24.6 Å². The van der Waals surface area contributed by atoms with Gasteiger partial charge < -0.3 is 30.7 Å². The Bertz CT molecular complexity index is 824. The average Bonchev–Trinajstić information content (AvgIpc) is 2.86. The van der Waals surface area contributed by atoms with E-state index in [1.807, 2.05) is 0 Å². The molecular formula is C17H24N4O7. The molecule has 0 spiro atoms. The van der Waals surface area contributed by atoms with Crippen molar-refractivity contribution >= 4 is 23.8 Å². The summed E-state index contributed by atoms with van der Waals surface area (Å²) in [5.74, 6) is -1.43. The molecule has 0 aromatic carbocycles. The third-order valence-corrected chi connectivity index (χ3v) is 4.36. The number of nitrogens with zero attached hydrogens (tertiary/aromatic N) is 2. The molecule has 1 fully saturated rings. The number of aliphatic hydroxyl groups excluding tert-OH is 2. The van der Waals surface area contributed by atoms with Gasteiger partial charge in [0.05, 0.1) is 12.7 Å². The molecule has 1 aliphatic rings. The van der Waals surface area contributed by atoms with Crippen molar-refractivity contribution in [3.8, 4) is 0 Å². The van der Waals surface area contributed by atoms with Crippen molar-refractivity contribution in [1.82, 2.24) is 14.9 Å². The minimum absolute atomic E-state index is 0.115. The van der Waals surface area contributed by atoms with Crippen LogP contribution in [-0.2, 0) is 24.8 Å². The minimum Gasteiger partial charge on any atom is -0.462 e. The summed E-state index contributed by atoms with van der Waals surface area (Å²) in [6, 6.07) is 0. The molecule has 1 saturated heterocycles. The topological polar surface area (TPSA) is 166 Å². The Morgan fingerprint density at radius 2 is 2.21 bits per heavy atom. The lowest BCUT2D eigenvalue weighted by molar-refractivity contribution is -0.199. The number of nitrogen functional groups attached to an aromatic ring is 1. The molecule has 1 aromatic rings. The second-order valence-electron chi connectivity index (χ2n) is 6.37. The van der Waals surface area contributed by atoms with Gasteiger partial charge in [0.2, 0.25) is 5.91 Å². The summed E-state index contributed by atoms with van der Waals surface area (Å²) in [5.41, 5.74) is 2.55. The zero-order valence-corrected chi connectivity index (χ0v) is 15.6. The van der Waals surface area contributed by atoms with E-state index in [-0.39, 0.29) is 30.4 Å². The molecule has 0 aliphatic carbocycles. The molecule has 4 atom stereocenters. The van der Waals surface area contributed by atoms with Gasteiger partial charge in [-0.3, -0.25) is 9.36 Å². The third-order valence-electron chi connectivity index (χ3n) is 4.36. The molecular weight excluding hydrogens is 372 g/mol. The van der Waals surface area contributed by atoms with Crippen molar-refractivity contribution in [2.75, 3.05) is 18.9 Å². The van der Waals surface area contributed by atoms with Gasteiger partial charge in [0, 0.05) is 25.2 Å². The van der Waals surface area contributed by atoms with Crippen molar-refractivity contribution in [3.05, 3.63) is 28.8 Å². The maximum Gasteiger partial charge on any atom is 0.363 e. The molecule has 2 heterocycles. The maximum absolute atomic E-state index is 12.9. The standard InChI is InChI=1S/C17H24N4O7/c1-4-11-8-21(16(26)20-14(11)18)17(13(24)12(23)9(2)28-17)15(25)27-7-5-6-19-10(3)22/h4,8-9,12-13,23-24H,1,5-7H2,2-3H3,(H,19,22)(H2,18,20,26)/t9-,12-,13-,17+/m1/s1. The number of hydrogen-bond donors (Lipinski definition) is 4. The SMILES string of the molecule is C=Cc1cn([C@]2(C(=O)OCCCNC(C)=O)O[C@H](C)[C@@H](O)[C@H]2O)c(=O)nc1N. The van der Waals surface area contributed by atoms with Gasteiger partial charge in [-0.05, 0) is 13.3 Å². The van der Waals surface area contributed by atoms with Crippen LogP contribution in [0.5, 0.6) is 0 Å². The van der Waals surface area contributed by atoms with Crippen LogP contribution in [0.15, 0.2) is 17.6 Å². The summed E-state index contributed by atoms with van der Waals surface area (Å²) >= 11 is 0. The highest BCUT2D eigenvalue weighted by Crippen LogP contribution is 2.36. The fraction of sp³-hybridized carbons (Fsp3) is 0.529. The van der Waals surface area contributed by atoms with Crippen molar-refractivity contribution in [1.29, 1.82) is 0 Å². The van der Waals surface area contributed by atoms with Crippen LogP contribution in [-0.4, -0.2) is 63.1 Å². The lowest BCUT2D eigenvalue weighted by atomic mass is 10.0. The lowest BCUT2D eigenvalue weighted by Crippen LogP contribution is -2.56. The van der Waals surface area contributed by atoms with Gasteiger partial charge in [0.25, 0.3) is 5.72 Å². The molecule has 0 unspecified atom stereocenters. The number of esters is 1. The van der Waals surface area contributed by atoms with Crippen molar-refractivity contribution in [3.63, 3.8) is 0 Å². The van der Waals surface area contributed by atoms with E-state index in [0.29, 0.717) is 6.42 Å². The number of ether oxygens (including phenoxy) is 2. The second-order valence-corrected chi connectivity index (χ2v) is 6.37. The first-order chi connectivity index (χ1) is 13.1. The van der Waals surface area contributed by atoms with E-state index < -0.39 is 35.7 Å². The van der Waals surface area contributed by atoms with Crippen molar-refractivity contribution in [2.24, 2.45) is 0 Å². The maximum atomic E-state index is 12.9. The Labute approximate surface area is 160 Å². The van der Waals surface area contributed by atoms with Crippen LogP contribution in [0.1, 0.15) is 25.8 Å². The molecule has 1 aliphatic heterocycles. The predicted molar refractivity (Wildman–Crippen MR) is 97.8 cm³/mol. The first kappa shape index (κ1) is 21.5. The molecule has 0 saturated carbocycles. The van der Waals surface area contributed by atoms with E-state index in [1.165, 1.54) is 19.9 Å². The molecule has 11 nitrogen and oxygen atoms in total. The monoisotopic (exact) mass is 396 g/mol. The fourth-order valence-electron chi connectivity index (χ4n) is 2.86. The number of aliphatic hydroxyl groups is 2. The number of hydrogen-bond acceptors (Lipinski definition) is 9.